The van der Waals surface area contributed by atoms with Crippen LogP contribution in [-0.4, -0.2) is 33.6 Å². The fraction of sp³-hybridized carbons (Fsp3) is 0.357. The van der Waals surface area contributed by atoms with Crippen LogP contribution in [-0.2, 0) is 4.79 Å². The zero-order valence-corrected chi connectivity index (χ0v) is 10.7. The number of carbonyl (C=O) groups is 1. The van der Waals surface area contributed by atoms with Crippen molar-refractivity contribution in [3.63, 3.8) is 0 Å². The Hall–Kier alpha value is -2.17. The molecule has 0 spiro atoms. The van der Waals surface area contributed by atoms with E-state index in [4.69, 9.17) is 0 Å². The van der Waals surface area contributed by atoms with Gasteiger partial charge in [-0.3, -0.25) is 0 Å². The second-order valence-corrected chi connectivity index (χ2v) is 4.86. The maximum atomic E-state index is 11.3. The third kappa shape index (κ3) is 1.91. The van der Waals surface area contributed by atoms with Crippen molar-refractivity contribution in [1.29, 1.82) is 0 Å². The van der Waals surface area contributed by atoms with Gasteiger partial charge in [0.25, 0.3) is 0 Å². The summed E-state index contributed by atoms with van der Waals surface area (Å²) in [6.45, 7) is 2.73. The highest BCUT2D eigenvalue weighted by Gasteiger charge is 2.32. The Labute approximate surface area is 110 Å². The van der Waals surface area contributed by atoms with E-state index >= 15 is 0 Å². The van der Waals surface area contributed by atoms with Crippen LogP contribution in [0.4, 0.5) is 5.82 Å². The number of benzene rings is 1. The van der Waals surface area contributed by atoms with Crippen LogP contribution in [0.1, 0.15) is 18.4 Å². The summed E-state index contributed by atoms with van der Waals surface area (Å²) in [4.78, 5) is 21.8. The van der Waals surface area contributed by atoms with Gasteiger partial charge in [-0.15, -0.1) is 0 Å². The summed E-state index contributed by atoms with van der Waals surface area (Å²) in [5.41, 5.74) is 1.97. The standard InChI is InChI=1S/C14H15N3O2/c1-9-4-2-5-10-12(9)15-8-16-13(10)17-7-3-6-11(17)14(18)19/h2,4-5,8,11H,3,6-7H2,1H3,(H,18,19)/t11-/m0/s1. The van der Waals surface area contributed by atoms with Crippen molar-refractivity contribution in [3.05, 3.63) is 30.1 Å². The van der Waals surface area contributed by atoms with Crippen molar-refractivity contribution < 1.29 is 9.90 Å². The van der Waals surface area contributed by atoms with Gasteiger partial charge < -0.3 is 10.0 Å². The Morgan fingerprint density at radius 3 is 3.05 bits per heavy atom. The number of hydrogen-bond acceptors (Lipinski definition) is 4. The van der Waals surface area contributed by atoms with Crippen molar-refractivity contribution >= 4 is 22.7 Å². The van der Waals surface area contributed by atoms with Crippen LogP contribution in [0.25, 0.3) is 10.9 Å². The predicted octanol–water partition coefficient (Wildman–Crippen LogP) is 1.99. The van der Waals surface area contributed by atoms with Gasteiger partial charge in [0.05, 0.1) is 5.52 Å². The number of carboxylic acid groups (broad SMARTS) is 1. The minimum atomic E-state index is -0.781. The molecule has 1 aromatic heterocycles. The van der Waals surface area contributed by atoms with Gasteiger partial charge in [-0.2, -0.15) is 0 Å². The van der Waals surface area contributed by atoms with Gasteiger partial charge in [-0.25, -0.2) is 14.8 Å². The molecule has 1 N–H and O–H groups in total. The number of aliphatic carboxylic acids is 1. The highest BCUT2D eigenvalue weighted by Crippen LogP contribution is 2.30. The Morgan fingerprint density at radius 2 is 2.26 bits per heavy atom. The molecular weight excluding hydrogens is 242 g/mol. The lowest BCUT2D eigenvalue weighted by Gasteiger charge is -2.23. The monoisotopic (exact) mass is 257 g/mol. The summed E-state index contributed by atoms with van der Waals surface area (Å²) in [5, 5.41) is 10.2. The molecule has 5 nitrogen and oxygen atoms in total. The smallest absolute Gasteiger partial charge is 0.326 e. The summed E-state index contributed by atoms with van der Waals surface area (Å²) in [6.07, 6.45) is 3.07. The summed E-state index contributed by atoms with van der Waals surface area (Å²) in [7, 11) is 0. The first-order chi connectivity index (χ1) is 9.18. The number of anilines is 1. The summed E-state index contributed by atoms with van der Waals surface area (Å²) >= 11 is 0. The fourth-order valence-electron chi connectivity index (χ4n) is 2.73. The molecule has 1 aliphatic heterocycles. The van der Waals surface area contributed by atoms with Crippen molar-refractivity contribution in [3.8, 4) is 0 Å². The molecule has 98 valence electrons. The third-order valence-electron chi connectivity index (χ3n) is 3.66. The van der Waals surface area contributed by atoms with Crippen LogP contribution >= 0.6 is 0 Å². The zero-order chi connectivity index (χ0) is 13.4. The van der Waals surface area contributed by atoms with Crippen molar-refractivity contribution in [2.75, 3.05) is 11.4 Å². The maximum absolute atomic E-state index is 11.3. The number of hydrogen-bond donors (Lipinski definition) is 1. The van der Waals surface area contributed by atoms with E-state index in [9.17, 15) is 9.90 Å². The number of rotatable bonds is 2. The number of fused-ring (bicyclic) bond motifs is 1. The van der Waals surface area contributed by atoms with E-state index in [1.807, 2.05) is 30.0 Å². The van der Waals surface area contributed by atoms with Gasteiger partial charge in [0.15, 0.2) is 0 Å². The Morgan fingerprint density at radius 1 is 1.42 bits per heavy atom. The van der Waals surface area contributed by atoms with Crippen LogP contribution in [0.15, 0.2) is 24.5 Å². The first-order valence-electron chi connectivity index (χ1n) is 6.38. The second-order valence-electron chi connectivity index (χ2n) is 4.86. The lowest BCUT2D eigenvalue weighted by atomic mass is 10.1. The van der Waals surface area contributed by atoms with Crippen LogP contribution in [0.2, 0.25) is 0 Å². The summed E-state index contributed by atoms with van der Waals surface area (Å²) in [6, 6.07) is 5.43. The minimum Gasteiger partial charge on any atom is -0.480 e. The molecule has 1 saturated heterocycles. The van der Waals surface area contributed by atoms with Gasteiger partial charge in [-0.1, -0.05) is 12.1 Å². The molecule has 0 radical (unpaired) electrons. The van der Waals surface area contributed by atoms with Crippen LogP contribution in [0, 0.1) is 6.92 Å². The highest BCUT2D eigenvalue weighted by atomic mass is 16.4. The Balaban J connectivity index is 2.15. The molecular formula is C14H15N3O2. The SMILES string of the molecule is Cc1cccc2c(N3CCC[C@H]3C(=O)O)ncnc12. The molecule has 0 aliphatic carbocycles. The lowest BCUT2D eigenvalue weighted by Crippen LogP contribution is -2.36. The van der Waals surface area contributed by atoms with Crippen molar-refractivity contribution in [2.24, 2.45) is 0 Å². The van der Waals surface area contributed by atoms with Gasteiger partial charge in [0.2, 0.25) is 0 Å². The first kappa shape index (κ1) is 11.9. The van der Waals surface area contributed by atoms with Crippen LogP contribution in [0.5, 0.6) is 0 Å². The normalized spacial score (nSPS) is 19.0. The molecule has 1 fully saturated rings. The summed E-state index contributed by atoms with van der Waals surface area (Å²) in [5.74, 6) is -0.0458. The largest absolute Gasteiger partial charge is 0.480 e. The van der Waals surface area contributed by atoms with E-state index in [-0.39, 0.29) is 0 Å². The molecule has 3 rings (SSSR count). The molecule has 1 aliphatic rings. The van der Waals surface area contributed by atoms with E-state index in [1.165, 1.54) is 6.33 Å². The number of aryl methyl sites for hydroxylation is 1. The average molecular weight is 257 g/mol. The first-order valence-corrected chi connectivity index (χ1v) is 6.38. The van der Waals surface area contributed by atoms with Gasteiger partial charge in [0, 0.05) is 11.9 Å². The van der Waals surface area contributed by atoms with Crippen LogP contribution in [0.3, 0.4) is 0 Å². The minimum absolute atomic E-state index is 0.474. The van der Waals surface area contributed by atoms with Crippen LogP contribution < -0.4 is 4.90 Å². The molecule has 19 heavy (non-hydrogen) atoms. The fourth-order valence-corrected chi connectivity index (χ4v) is 2.73. The molecule has 0 bridgehead atoms. The van der Waals surface area contributed by atoms with E-state index in [2.05, 4.69) is 9.97 Å². The Bertz CT molecular complexity index is 642. The molecule has 1 aromatic carbocycles. The Kier molecular flexibility index (Phi) is 2.81. The topological polar surface area (TPSA) is 66.3 Å². The number of aromatic nitrogens is 2. The molecule has 1 atom stereocenters. The quantitative estimate of drug-likeness (QED) is 0.891. The molecule has 0 unspecified atom stereocenters. The van der Waals surface area contributed by atoms with E-state index in [0.717, 1.165) is 35.2 Å². The third-order valence-corrected chi connectivity index (χ3v) is 3.66. The zero-order valence-electron chi connectivity index (χ0n) is 10.7. The number of carboxylic acids is 1. The van der Waals surface area contributed by atoms with Gasteiger partial charge >= 0.3 is 5.97 Å². The average Bonchev–Trinajstić information content (AvgIpc) is 2.88. The molecule has 0 amide bonds. The summed E-state index contributed by atoms with van der Waals surface area (Å²) < 4.78 is 0. The van der Waals surface area contributed by atoms with Gasteiger partial charge in [-0.05, 0) is 31.4 Å². The molecule has 5 heteroatoms. The van der Waals surface area contributed by atoms with E-state index in [1.54, 1.807) is 0 Å². The molecule has 2 heterocycles. The predicted molar refractivity (Wildman–Crippen MR) is 72.3 cm³/mol. The number of para-hydroxylation sites is 1. The van der Waals surface area contributed by atoms with Crippen molar-refractivity contribution in [2.45, 2.75) is 25.8 Å². The maximum Gasteiger partial charge on any atom is 0.326 e. The van der Waals surface area contributed by atoms with E-state index < -0.39 is 12.0 Å². The number of nitrogens with zero attached hydrogens (tertiary/aromatic N) is 3. The van der Waals surface area contributed by atoms with E-state index in [0.29, 0.717) is 6.42 Å². The van der Waals surface area contributed by atoms with Gasteiger partial charge in [0.1, 0.15) is 18.2 Å². The van der Waals surface area contributed by atoms with Crippen molar-refractivity contribution in [1.82, 2.24) is 9.97 Å². The lowest BCUT2D eigenvalue weighted by molar-refractivity contribution is -0.138. The second kappa shape index (κ2) is 4.50. The highest BCUT2D eigenvalue weighted by molar-refractivity contribution is 5.93. The molecule has 2 aromatic rings. The molecule has 0 saturated carbocycles.